The Bertz CT molecular complexity index is 857. The van der Waals surface area contributed by atoms with E-state index in [1.54, 1.807) is 6.42 Å². The number of allylic oxidation sites excluding steroid dienone is 2. The highest BCUT2D eigenvalue weighted by atomic mass is 16.4. The highest BCUT2D eigenvalue weighted by Gasteiger charge is 2.75. The second-order valence-electron chi connectivity index (χ2n) is 13.9. The molecule has 8 bridgehead atoms. The number of hydrogen-bond acceptors (Lipinski definition) is 1. The Morgan fingerprint density at radius 3 is 2.43 bits per heavy atom. The molecule has 2 nitrogen and oxygen atoms in total. The van der Waals surface area contributed by atoms with Crippen LogP contribution in [0.3, 0.4) is 0 Å². The lowest BCUT2D eigenvalue weighted by molar-refractivity contribution is -0.148. The van der Waals surface area contributed by atoms with Gasteiger partial charge < -0.3 is 5.11 Å². The molecular weight excluding hydrogens is 368 g/mol. The maximum atomic E-state index is 12.3. The van der Waals surface area contributed by atoms with Gasteiger partial charge in [-0.3, -0.25) is 4.79 Å². The molecule has 8 aliphatic carbocycles. The van der Waals surface area contributed by atoms with E-state index in [4.69, 9.17) is 0 Å². The zero-order chi connectivity index (χ0) is 20.2. The van der Waals surface area contributed by atoms with Crippen LogP contribution in [0.4, 0.5) is 0 Å². The van der Waals surface area contributed by atoms with Gasteiger partial charge in [0, 0.05) is 0 Å². The Labute approximate surface area is 181 Å². The second kappa shape index (κ2) is 5.23. The standard InChI is InChI=1S/C28H38O2/c1-27(2,21-10-17-9-18(21)23-14-4-3-13(7-14)22(17)23)28-11-19(20(12-28)26(29)30)24-15-5-6-16(8-15)25(24)28/h5-6,13-25H,3-4,7-12H2,1-2H3,(H,29,30). The fourth-order valence-corrected chi connectivity index (χ4v) is 13.1. The summed E-state index contributed by atoms with van der Waals surface area (Å²) in [4.78, 5) is 12.3. The van der Waals surface area contributed by atoms with Gasteiger partial charge in [-0.15, -0.1) is 0 Å². The minimum atomic E-state index is -0.482. The number of hydrogen-bond donors (Lipinski definition) is 1. The van der Waals surface area contributed by atoms with E-state index in [0.29, 0.717) is 23.2 Å². The van der Waals surface area contributed by atoms with Gasteiger partial charge in [0.25, 0.3) is 0 Å². The van der Waals surface area contributed by atoms with Gasteiger partial charge in [-0.25, -0.2) is 0 Å². The van der Waals surface area contributed by atoms with Crippen molar-refractivity contribution in [2.75, 3.05) is 0 Å². The third-order valence-electron chi connectivity index (χ3n) is 13.6. The minimum Gasteiger partial charge on any atom is -0.481 e. The van der Waals surface area contributed by atoms with E-state index in [0.717, 1.165) is 59.7 Å². The van der Waals surface area contributed by atoms with Crippen molar-refractivity contribution in [3.8, 4) is 0 Å². The molecule has 7 fully saturated rings. The van der Waals surface area contributed by atoms with Gasteiger partial charge in [0.15, 0.2) is 0 Å². The molecule has 7 saturated carbocycles. The van der Waals surface area contributed by atoms with Crippen molar-refractivity contribution < 1.29 is 9.90 Å². The molecule has 2 heteroatoms. The summed E-state index contributed by atoms with van der Waals surface area (Å²) in [6, 6.07) is 0. The fraction of sp³-hybridized carbons (Fsp3) is 0.893. The van der Waals surface area contributed by atoms with Crippen LogP contribution in [0, 0.1) is 87.8 Å². The highest BCUT2D eigenvalue weighted by molar-refractivity contribution is 5.71. The maximum Gasteiger partial charge on any atom is 0.306 e. The molecule has 0 aliphatic heterocycles. The first-order valence-electron chi connectivity index (χ1n) is 13.3. The Balaban J connectivity index is 1.20. The van der Waals surface area contributed by atoms with Gasteiger partial charge in [0.2, 0.25) is 0 Å². The first-order valence-corrected chi connectivity index (χ1v) is 13.3. The number of carbonyl (C=O) groups is 1. The second-order valence-corrected chi connectivity index (χ2v) is 13.9. The average molecular weight is 407 g/mol. The van der Waals surface area contributed by atoms with E-state index in [-0.39, 0.29) is 11.3 Å². The van der Waals surface area contributed by atoms with E-state index < -0.39 is 5.97 Å². The van der Waals surface area contributed by atoms with Crippen LogP contribution in [-0.2, 0) is 4.79 Å². The molecule has 0 aromatic heterocycles. The lowest BCUT2D eigenvalue weighted by Crippen LogP contribution is -2.52. The summed E-state index contributed by atoms with van der Waals surface area (Å²) in [5.41, 5.74) is 0.594. The topological polar surface area (TPSA) is 37.3 Å². The largest absolute Gasteiger partial charge is 0.481 e. The van der Waals surface area contributed by atoms with Crippen molar-refractivity contribution in [1.82, 2.24) is 0 Å². The maximum absolute atomic E-state index is 12.3. The van der Waals surface area contributed by atoms with E-state index in [1.807, 2.05) is 0 Å². The summed E-state index contributed by atoms with van der Waals surface area (Å²) >= 11 is 0. The molecule has 1 N–H and O–H groups in total. The van der Waals surface area contributed by atoms with Crippen molar-refractivity contribution in [2.45, 2.75) is 65.2 Å². The van der Waals surface area contributed by atoms with Crippen LogP contribution in [0.15, 0.2) is 12.2 Å². The number of fused-ring (bicyclic) bond motifs is 18. The molecule has 14 unspecified atom stereocenters. The summed E-state index contributed by atoms with van der Waals surface area (Å²) in [5.74, 6) is 9.95. The number of aliphatic carboxylic acids is 1. The summed E-state index contributed by atoms with van der Waals surface area (Å²) in [6.45, 7) is 5.28. The quantitative estimate of drug-likeness (QED) is 0.469. The van der Waals surface area contributed by atoms with E-state index >= 15 is 0 Å². The molecule has 0 heterocycles. The van der Waals surface area contributed by atoms with Gasteiger partial charge in [0.1, 0.15) is 0 Å². The van der Waals surface area contributed by atoms with E-state index in [9.17, 15) is 9.90 Å². The molecule has 0 amide bonds. The van der Waals surface area contributed by atoms with Crippen LogP contribution < -0.4 is 0 Å². The summed E-state index contributed by atoms with van der Waals surface area (Å²) in [5, 5.41) is 10.2. The average Bonchev–Trinajstić information content (AvgIpc) is 3.57. The normalized spacial score (nSPS) is 63.2. The van der Waals surface area contributed by atoms with Crippen LogP contribution in [-0.4, -0.2) is 11.1 Å². The predicted molar refractivity (Wildman–Crippen MR) is 115 cm³/mol. The third-order valence-corrected chi connectivity index (χ3v) is 13.6. The van der Waals surface area contributed by atoms with Crippen LogP contribution in [0.5, 0.6) is 0 Å². The molecule has 0 aromatic rings. The van der Waals surface area contributed by atoms with Gasteiger partial charge in [-0.1, -0.05) is 26.0 Å². The van der Waals surface area contributed by atoms with Gasteiger partial charge in [-0.2, -0.15) is 0 Å². The summed E-state index contributed by atoms with van der Waals surface area (Å²) in [6.07, 6.45) is 16.2. The Morgan fingerprint density at radius 2 is 1.63 bits per heavy atom. The third kappa shape index (κ3) is 1.72. The molecule has 30 heavy (non-hydrogen) atoms. The lowest BCUT2D eigenvalue weighted by Gasteiger charge is -2.57. The molecular formula is C28H38O2. The molecule has 0 radical (unpaired) electrons. The summed E-state index contributed by atoms with van der Waals surface area (Å²) < 4.78 is 0. The monoisotopic (exact) mass is 406 g/mol. The van der Waals surface area contributed by atoms with Crippen LogP contribution in [0.25, 0.3) is 0 Å². The Morgan fingerprint density at radius 1 is 0.867 bits per heavy atom. The number of rotatable bonds is 3. The van der Waals surface area contributed by atoms with Crippen LogP contribution >= 0.6 is 0 Å². The minimum absolute atomic E-state index is 0.0629. The smallest absolute Gasteiger partial charge is 0.306 e. The summed E-state index contributed by atoms with van der Waals surface area (Å²) in [7, 11) is 0. The van der Waals surface area contributed by atoms with Crippen LogP contribution in [0.1, 0.15) is 65.2 Å². The molecule has 8 aliphatic rings. The lowest BCUT2D eigenvalue weighted by atomic mass is 9.47. The zero-order valence-electron chi connectivity index (χ0n) is 18.7. The molecule has 0 aromatic carbocycles. The van der Waals surface area contributed by atoms with Crippen molar-refractivity contribution in [2.24, 2.45) is 87.8 Å². The van der Waals surface area contributed by atoms with E-state index in [2.05, 4.69) is 26.0 Å². The highest BCUT2D eigenvalue weighted by Crippen LogP contribution is 2.80. The van der Waals surface area contributed by atoms with Crippen molar-refractivity contribution in [3.63, 3.8) is 0 Å². The van der Waals surface area contributed by atoms with Crippen molar-refractivity contribution in [3.05, 3.63) is 12.2 Å². The molecule has 8 rings (SSSR count). The zero-order valence-corrected chi connectivity index (χ0v) is 18.7. The van der Waals surface area contributed by atoms with Gasteiger partial charge >= 0.3 is 5.97 Å². The van der Waals surface area contributed by atoms with Gasteiger partial charge in [0.05, 0.1) is 5.92 Å². The number of carboxylic acids is 1. The first kappa shape index (κ1) is 17.7. The Kier molecular flexibility index (Phi) is 3.09. The van der Waals surface area contributed by atoms with Crippen molar-refractivity contribution >= 4 is 5.97 Å². The molecule has 0 saturated heterocycles. The SMILES string of the molecule is CC(C)(C1CC2CC1C1C3CCC(C3)C21)C12CC(C(=O)O)C(C1)C1C3C=CC(C3)C12. The van der Waals surface area contributed by atoms with Gasteiger partial charge in [-0.05, 0) is 133 Å². The molecule has 14 atom stereocenters. The van der Waals surface area contributed by atoms with Crippen LogP contribution in [0.2, 0.25) is 0 Å². The molecule has 162 valence electrons. The van der Waals surface area contributed by atoms with Crippen molar-refractivity contribution in [1.29, 1.82) is 0 Å². The van der Waals surface area contributed by atoms with E-state index in [1.165, 1.54) is 38.5 Å². The first-order chi connectivity index (χ1) is 14.4. The number of carboxylic acid groups (broad SMARTS) is 1. The molecule has 0 spiro atoms. The predicted octanol–water partition coefficient (Wildman–Crippen LogP) is 5.88. The fourth-order valence-electron chi connectivity index (χ4n) is 13.1. The Hall–Kier alpha value is -0.790.